The molecule has 0 radical (unpaired) electrons. The molecule has 1 aromatic carbocycles. The van der Waals surface area contributed by atoms with Crippen LogP contribution in [0, 0.1) is 11.7 Å². The maximum absolute atomic E-state index is 14.8. The van der Waals surface area contributed by atoms with Crippen molar-refractivity contribution in [1.82, 2.24) is 45.3 Å². The molecule has 49 heavy (non-hydrogen) atoms. The number of likely N-dealkylation sites (tertiary alicyclic amines) is 1. The van der Waals surface area contributed by atoms with E-state index in [0.717, 1.165) is 62.2 Å². The van der Waals surface area contributed by atoms with Crippen LogP contribution in [0.25, 0.3) is 56.1 Å². The average Bonchev–Trinajstić information content (AvgIpc) is 3.88. The summed E-state index contributed by atoms with van der Waals surface area (Å²) in [7, 11) is 0. The Balaban J connectivity index is 1.05. The first-order valence-corrected chi connectivity index (χ1v) is 16.9. The van der Waals surface area contributed by atoms with Crippen LogP contribution in [0.3, 0.4) is 0 Å². The predicted molar refractivity (Wildman–Crippen MR) is 185 cm³/mol. The first-order chi connectivity index (χ1) is 24.1. The summed E-state index contributed by atoms with van der Waals surface area (Å²) in [5.41, 5.74) is 6.42. The summed E-state index contributed by atoms with van der Waals surface area (Å²) in [5, 5.41) is 13.9. The fourth-order valence-electron chi connectivity index (χ4n) is 6.80. The van der Waals surface area contributed by atoms with Gasteiger partial charge in [-0.15, -0.1) is 0 Å². The Kier molecular flexibility index (Phi) is 8.67. The number of ether oxygens (including phenoxy) is 1. The number of rotatable bonds is 10. The summed E-state index contributed by atoms with van der Waals surface area (Å²) < 4.78 is 20.8. The molecule has 4 N–H and O–H groups in total. The number of aromatic nitrogens is 7. The fraction of sp³-hybridized carbons (Fsp3) is 0.333. The van der Waals surface area contributed by atoms with Gasteiger partial charge in [0.25, 0.3) is 0 Å². The second-order valence-corrected chi connectivity index (χ2v) is 12.8. The summed E-state index contributed by atoms with van der Waals surface area (Å²) in [6, 6.07) is 12.2. The van der Waals surface area contributed by atoms with Gasteiger partial charge in [0.15, 0.2) is 17.2 Å². The molecule has 250 valence electrons. The number of nitrogens with zero attached hydrogens (tertiary/aromatic N) is 6. The summed E-state index contributed by atoms with van der Waals surface area (Å²) >= 11 is 0. The van der Waals surface area contributed by atoms with Gasteiger partial charge in [-0.3, -0.25) is 19.8 Å². The number of aromatic amines is 2. The first kappa shape index (κ1) is 31.0. The number of piperidine rings is 1. The highest BCUT2D eigenvalue weighted by Gasteiger charge is 2.20. The Hall–Kier alpha value is -5.27. The Morgan fingerprint density at radius 2 is 1.90 bits per heavy atom. The monoisotopic (exact) mass is 660 g/mol. The van der Waals surface area contributed by atoms with Crippen molar-refractivity contribution >= 4 is 33.8 Å². The third-order valence-electron chi connectivity index (χ3n) is 9.33. The summed E-state index contributed by atoms with van der Waals surface area (Å²) in [5.74, 6) is 0.951. The van der Waals surface area contributed by atoms with Gasteiger partial charge in [0.2, 0.25) is 5.91 Å². The molecular weight excluding hydrogens is 623 g/mol. The lowest BCUT2D eigenvalue weighted by Gasteiger charge is -2.21. The molecule has 2 aliphatic rings. The van der Waals surface area contributed by atoms with E-state index >= 15 is 0 Å². The minimum absolute atomic E-state index is 0.0104. The molecule has 2 aliphatic heterocycles. The number of carbonyl (C=O) groups is 1. The Morgan fingerprint density at radius 3 is 2.78 bits per heavy atom. The van der Waals surface area contributed by atoms with E-state index in [9.17, 15) is 9.18 Å². The number of amides is 1. The van der Waals surface area contributed by atoms with Gasteiger partial charge in [0.05, 0.1) is 28.6 Å². The molecule has 0 spiro atoms. The first-order valence-electron chi connectivity index (χ1n) is 16.9. The number of imidazole rings is 1. The van der Waals surface area contributed by atoms with Gasteiger partial charge < -0.3 is 20.4 Å². The van der Waals surface area contributed by atoms with Crippen molar-refractivity contribution in [3.63, 3.8) is 0 Å². The number of benzene rings is 1. The zero-order valence-electron chi connectivity index (χ0n) is 27.0. The van der Waals surface area contributed by atoms with Crippen LogP contribution in [-0.4, -0.2) is 85.3 Å². The minimum Gasteiger partial charge on any atom is -0.492 e. The van der Waals surface area contributed by atoms with Crippen LogP contribution in [0.4, 0.5) is 10.1 Å². The Morgan fingerprint density at radius 1 is 1.02 bits per heavy atom. The third kappa shape index (κ3) is 6.85. The highest BCUT2D eigenvalue weighted by Crippen LogP contribution is 2.33. The topological polar surface area (TPSA) is 150 Å². The van der Waals surface area contributed by atoms with Crippen LogP contribution in [-0.2, 0) is 4.79 Å². The molecule has 0 atom stereocenters. The maximum atomic E-state index is 14.8. The van der Waals surface area contributed by atoms with E-state index in [1.807, 2.05) is 30.3 Å². The number of halogens is 1. The second kappa shape index (κ2) is 13.7. The van der Waals surface area contributed by atoms with Crippen LogP contribution in [0.15, 0.2) is 61.1 Å². The van der Waals surface area contributed by atoms with E-state index in [2.05, 4.69) is 40.7 Å². The van der Waals surface area contributed by atoms with Crippen LogP contribution in [0.5, 0.6) is 5.75 Å². The van der Waals surface area contributed by atoms with Gasteiger partial charge in [0, 0.05) is 42.6 Å². The molecule has 2 saturated heterocycles. The van der Waals surface area contributed by atoms with E-state index in [1.54, 1.807) is 18.6 Å². The van der Waals surface area contributed by atoms with Crippen LogP contribution in [0.1, 0.15) is 32.1 Å². The number of fused-ring (bicyclic) bond motifs is 2. The highest BCUT2D eigenvalue weighted by atomic mass is 19.1. The lowest BCUT2D eigenvalue weighted by atomic mass is 9.94. The zero-order valence-corrected chi connectivity index (χ0v) is 27.0. The maximum Gasteiger partial charge on any atom is 0.224 e. The average molecular weight is 661 g/mol. The van der Waals surface area contributed by atoms with E-state index in [0.29, 0.717) is 69.8 Å². The van der Waals surface area contributed by atoms with Crippen molar-refractivity contribution in [2.24, 2.45) is 5.92 Å². The molecule has 8 rings (SSSR count). The normalized spacial score (nSPS) is 15.7. The number of hydrogen-bond donors (Lipinski definition) is 4. The predicted octanol–water partition coefficient (Wildman–Crippen LogP) is 5.57. The quantitative estimate of drug-likeness (QED) is 0.148. The van der Waals surface area contributed by atoms with Crippen molar-refractivity contribution in [2.75, 3.05) is 44.6 Å². The molecular formula is C36H37FN10O2. The molecule has 0 bridgehead atoms. The standard InChI is InChI=1S/C36H37FN10O2/c37-25-16-23(18-27(19-25)49-14-13-47-11-1-2-12-47)28-7-10-40-35-32(28)43-36(44-35)34-33-30(45-46-34)4-3-29(42-33)24-17-26(21-39-20-24)41-31(48)15-22-5-8-38-9-6-22/h3-4,7,10,16-22,38H,1-2,5-6,8-9,11-15H2,(H,41,48)(H,45,46)(H,40,43,44). The van der Waals surface area contributed by atoms with Gasteiger partial charge in [-0.25, -0.2) is 19.3 Å². The van der Waals surface area contributed by atoms with Crippen molar-refractivity contribution in [3.8, 4) is 39.7 Å². The van der Waals surface area contributed by atoms with Crippen molar-refractivity contribution in [2.45, 2.75) is 32.1 Å². The number of H-pyrrole nitrogens is 2. The van der Waals surface area contributed by atoms with E-state index in [1.165, 1.54) is 25.0 Å². The Labute approximate surface area is 281 Å². The molecule has 13 heteroatoms. The van der Waals surface area contributed by atoms with E-state index in [4.69, 9.17) is 14.7 Å². The highest BCUT2D eigenvalue weighted by molar-refractivity contribution is 5.95. The largest absolute Gasteiger partial charge is 0.492 e. The number of nitrogens with one attached hydrogen (secondary N) is 4. The van der Waals surface area contributed by atoms with Crippen molar-refractivity contribution in [3.05, 3.63) is 66.9 Å². The lowest BCUT2D eigenvalue weighted by molar-refractivity contribution is -0.117. The summed E-state index contributed by atoms with van der Waals surface area (Å²) in [6.07, 6.45) is 9.95. The second-order valence-electron chi connectivity index (χ2n) is 12.8. The fourth-order valence-corrected chi connectivity index (χ4v) is 6.80. The van der Waals surface area contributed by atoms with Crippen LogP contribution < -0.4 is 15.4 Å². The molecule has 6 aromatic rings. The molecule has 5 aromatic heterocycles. The lowest BCUT2D eigenvalue weighted by Crippen LogP contribution is -2.30. The van der Waals surface area contributed by atoms with Gasteiger partial charge in [-0.2, -0.15) is 5.10 Å². The molecule has 1 amide bonds. The summed E-state index contributed by atoms with van der Waals surface area (Å²) in [6.45, 7) is 5.39. The van der Waals surface area contributed by atoms with E-state index in [-0.39, 0.29) is 11.7 Å². The molecule has 0 saturated carbocycles. The molecule has 2 fully saturated rings. The molecule has 0 aliphatic carbocycles. The van der Waals surface area contributed by atoms with Crippen LogP contribution >= 0.6 is 0 Å². The van der Waals surface area contributed by atoms with Crippen molar-refractivity contribution in [1.29, 1.82) is 0 Å². The molecule has 7 heterocycles. The third-order valence-corrected chi connectivity index (χ3v) is 9.33. The van der Waals surface area contributed by atoms with Gasteiger partial charge in [0.1, 0.15) is 23.7 Å². The smallest absolute Gasteiger partial charge is 0.224 e. The SMILES string of the molecule is O=C(CC1CCNCC1)Nc1cncc(-c2ccc3[nH]nc(-c4nc5nccc(-c6cc(F)cc(OCCN7CCCC7)c6)c5[nH]4)c3n2)c1. The number of anilines is 1. The molecule has 12 nitrogen and oxygen atoms in total. The molecule has 0 unspecified atom stereocenters. The van der Waals surface area contributed by atoms with Gasteiger partial charge in [-0.1, -0.05) is 0 Å². The zero-order chi connectivity index (χ0) is 33.2. The number of hydrogen-bond acceptors (Lipinski definition) is 9. The summed E-state index contributed by atoms with van der Waals surface area (Å²) in [4.78, 5) is 37.0. The number of carbonyl (C=O) groups excluding carboxylic acids is 1. The van der Waals surface area contributed by atoms with Crippen LogP contribution in [0.2, 0.25) is 0 Å². The van der Waals surface area contributed by atoms with Gasteiger partial charge >= 0.3 is 0 Å². The van der Waals surface area contributed by atoms with Gasteiger partial charge in [-0.05, 0) is 99.7 Å². The van der Waals surface area contributed by atoms with E-state index < -0.39 is 0 Å². The van der Waals surface area contributed by atoms with Crippen molar-refractivity contribution < 1.29 is 13.9 Å². The number of pyridine rings is 3. The minimum atomic E-state index is -0.381. The Bertz CT molecular complexity index is 2120.